The maximum absolute atomic E-state index is 13.1. The Bertz CT molecular complexity index is 1260. The Morgan fingerprint density at radius 3 is 2.18 bits per heavy atom. The fraction of sp³-hybridized carbons (Fsp3) is 0.167. The first-order chi connectivity index (χ1) is 15.7. The standard InChI is InChI=1S/C24H24FN3O4S/c1-3-17-8-4-6-10-21(17)26-23(29)16-28(2)24(30)20-9-5-7-11-22(20)27-33(31,32)19-14-12-18(25)13-15-19/h4-15,27H,3,16H2,1-2H3,(H,26,29). The second kappa shape index (κ2) is 10.3. The summed E-state index contributed by atoms with van der Waals surface area (Å²) in [5, 5.41) is 2.80. The molecule has 33 heavy (non-hydrogen) atoms. The van der Waals surface area contributed by atoms with Crippen LogP contribution in [0.1, 0.15) is 22.8 Å². The number of halogens is 1. The number of anilines is 2. The van der Waals surface area contributed by atoms with E-state index in [2.05, 4.69) is 10.0 Å². The third-order valence-electron chi connectivity index (χ3n) is 4.93. The third-order valence-corrected chi connectivity index (χ3v) is 6.31. The van der Waals surface area contributed by atoms with Crippen molar-refractivity contribution in [1.82, 2.24) is 4.90 Å². The molecule has 0 aliphatic rings. The summed E-state index contributed by atoms with van der Waals surface area (Å²) in [5.41, 5.74) is 1.78. The first-order valence-corrected chi connectivity index (χ1v) is 11.7. The SMILES string of the molecule is CCc1ccccc1NC(=O)CN(C)C(=O)c1ccccc1NS(=O)(=O)c1ccc(F)cc1. The number of likely N-dealkylation sites (N-methyl/N-ethyl adjacent to an activating group) is 1. The van der Waals surface area contributed by atoms with Gasteiger partial charge in [0.25, 0.3) is 15.9 Å². The average Bonchev–Trinajstić information content (AvgIpc) is 2.79. The highest BCUT2D eigenvalue weighted by Gasteiger charge is 2.22. The van der Waals surface area contributed by atoms with Gasteiger partial charge in [-0.25, -0.2) is 12.8 Å². The van der Waals surface area contributed by atoms with Crippen molar-refractivity contribution < 1.29 is 22.4 Å². The summed E-state index contributed by atoms with van der Waals surface area (Å²) < 4.78 is 40.9. The molecule has 2 N–H and O–H groups in total. The highest BCUT2D eigenvalue weighted by Crippen LogP contribution is 2.22. The van der Waals surface area contributed by atoms with Crippen molar-refractivity contribution in [2.75, 3.05) is 23.6 Å². The fourth-order valence-corrected chi connectivity index (χ4v) is 4.29. The van der Waals surface area contributed by atoms with Crippen molar-refractivity contribution in [2.24, 2.45) is 0 Å². The van der Waals surface area contributed by atoms with Crippen LogP contribution in [0.5, 0.6) is 0 Å². The molecule has 0 spiro atoms. The van der Waals surface area contributed by atoms with Gasteiger partial charge in [-0.1, -0.05) is 37.3 Å². The van der Waals surface area contributed by atoms with Gasteiger partial charge in [-0.3, -0.25) is 14.3 Å². The number of nitrogens with one attached hydrogen (secondary N) is 2. The number of nitrogens with zero attached hydrogens (tertiary/aromatic N) is 1. The maximum Gasteiger partial charge on any atom is 0.261 e. The second-order valence-corrected chi connectivity index (χ2v) is 9.01. The van der Waals surface area contributed by atoms with E-state index in [0.717, 1.165) is 36.2 Å². The molecule has 3 aromatic carbocycles. The molecule has 9 heteroatoms. The number of hydrogen-bond acceptors (Lipinski definition) is 4. The second-order valence-electron chi connectivity index (χ2n) is 7.33. The summed E-state index contributed by atoms with van der Waals surface area (Å²) >= 11 is 0. The molecule has 0 saturated heterocycles. The largest absolute Gasteiger partial charge is 0.332 e. The lowest BCUT2D eigenvalue weighted by atomic mass is 10.1. The van der Waals surface area contributed by atoms with Crippen LogP contribution in [0.3, 0.4) is 0 Å². The maximum atomic E-state index is 13.1. The number of carbonyl (C=O) groups excluding carboxylic acids is 2. The first kappa shape index (κ1) is 23.9. The van der Waals surface area contributed by atoms with E-state index in [1.165, 1.54) is 24.1 Å². The molecule has 0 radical (unpaired) electrons. The molecule has 0 aliphatic heterocycles. The van der Waals surface area contributed by atoms with E-state index < -0.39 is 21.7 Å². The smallest absolute Gasteiger partial charge is 0.261 e. The average molecular weight is 470 g/mol. The number of benzene rings is 3. The van der Waals surface area contributed by atoms with Crippen molar-refractivity contribution in [3.8, 4) is 0 Å². The van der Waals surface area contributed by atoms with Gasteiger partial charge in [0.2, 0.25) is 5.91 Å². The molecule has 0 bridgehead atoms. The Labute approximate surface area is 192 Å². The van der Waals surface area contributed by atoms with Crippen LogP contribution in [-0.4, -0.2) is 38.7 Å². The Morgan fingerprint density at radius 1 is 0.909 bits per heavy atom. The summed E-state index contributed by atoms with van der Waals surface area (Å²) in [6, 6.07) is 17.8. The summed E-state index contributed by atoms with van der Waals surface area (Å²) in [4.78, 5) is 26.6. The van der Waals surface area contributed by atoms with Crippen molar-refractivity contribution >= 4 is 33.2 Å². The van der Waals surface area contributed by atoms with Gasteiger partial charge in [-0.15, -0.1) is 0 Å². The minimum absolute atomic E-state index is 0.0513. The van der Waals surface area contributed by atoms with Gasteiger partial charge in [0.1, 0.15) is 5.82 Å². The first-order valence-electron chi connectivity index (χ1n) is 10.2. The molecule has 0 aliphatic carbocycles. The summed E-state index contributed by atoms with van der Waals surface area (Å²) in [7, 11) is -2.59. The number of amides is 2. The predicted octanol–water partition coefficient (Wildman–Crippen LogP) is 3.90. The van der Waals surface area contributed by atoms with Crippen molar-refractivity contribution in [1.29, 1.82) is 0 Å². The molecule has 0 heterocycles. The quantitative estimate of drug-likeness (QED) is 0.523. The Hall–Kier alpha value is -3.72. The Morgan fingerprint density at radius 2 is 1.52 bits per heavy atom. The van der Waals surface area contributed by atoms with E-state index in [9.17, 15) is 22.4 Å². The van der Waals surface area contributed by atoms with Crippen LogP contribution < -0.4 is 10.0 Å². The molecule has 0 saturated carbocycles. The van der Waals surface area contributed by atoms with Crippen LogP contribution in [0.25, 0.3) is 0 Å². The van der Waals surface area contributed by atoms with Gasteiger partial charge in [0.05, 0.1) is 22.7 Å². The van der Waals surface area contributed by atoms with Crippen LogP contribution in [0.4, 0.5) is 15.8 Å². The van der Waals surface area contributed by atoms with Gasteiger partial charge in [-0.2, -0.15) is 0 Å². The fourth-order valence-electron chi connectivity index (χ4n) is 3.21. The Balaban J connectivity index is 1.75. The van der Waals surface area contributed by atoms with Gasteiger partial charge in [0.15, 0.2) is 0 Å². The molecule has 0 fully saturated rings. The minimum Gasteiger partial charge on any atom is -0.332 e. The van der Waals surface area contributed by atoms with E-state index in [1.807, 2.05) is 25.1 Å². The lowest BCUT2D eigenvalue weighted by Gasteiger charge is -2.20. The summed E-state index contributed by atoms with van der Waals surface area (Å²) in [6.45, 7) is 1.75. The highest BCUT2D eigenvalue weighted by atomic mass is 32.2. The third kappa shape index (κ3) is 5.95. The van der Waals surface area contributed by atoms with Crippen LogP contribution in [0.15, 0.2) is 77.7 Å². The van der Waals surface area contributed by atoms with E-state index in [4.69, 9.17) is 0 Å². The summed E-state index contributed by atoms with van der Waals surface area (Å²) in [6.07, 6.45) is 0.743. The number of aryl methyl sites for hydroxylation is 1. The lowest BCUT2D eigenvalue weighted by molar-refractivity contribution is -0.116. The summed E-state index contributed by atoms with van der Waals surface area (Å²) in [5.74, 6) is -1.48. The normalized spacial score (nSPS) is 11.0. The van der Waals surface area contributed by atoms with Crippen LogP contribution >= 0.6 is 0 Å². The van der Waals surface area contributed by atoms with E-state index in [-0.39, 0.29) is 28.6 Å². The van der Waals surface area contributed by atoms with Gasteiger partial charge >= 0.3 is 0 Å². The zero-order valence-electron chi connectivity index (χ0n) is 18.2. The molecule has 0 aromatic heterocycles. The van der Waals surface area contributed by atoms with Crippen molar-refractivity contribution in [3.63, 3.8) is 0 Å². The van der Waals surface area contributed by atoms with Crippen molar-refractivity contribution in [2.45, 2.75) is 18.2 Å². The number of hydrogen-bond donors (Lipinski definition) is 2. The molecule has 172 valence electrons. The number of sulfonamides is 1. The molecular formula is C24H24FN3O4S. The van der Waals surface area contributed by atoms with E-state index in [1.54, 1.807) is 18.2 Å². The van der Waals surface area contributed by atoms with E-state index >= 15 is 0 Å². The monoisotopic (exact) mass is 469 g/mol. The van der Waals surface area contributed by atoms with Crippen LogP contribution in [0.2, 0.25) is 0 Å². The topological polar surface area (TPSA) is 95.6 Å². The van der Waals surface area contributed by atoms with Gasteiger partial charge < -0.3 is 10.2 Å². The molecule has 0 atom stereocenters. The van der Waals surface area contributed by atoms with Gasteiger partial charge in [0, 0.05) is 12.7 Å². The molecule has 0 unspecified atom stereocenters. The number of para-hydroxylation sites is 2. The highest BCUT2D eigenvalue weighted by molar-refractivity contribution is 7.92. The van der Waals surface area contributed by atoms with Crippen molar-refractivity contribution in [3.05, 3.63) is 89.7 Å². The Kier molecular flexibility index (Phi) is 7.44. The molecule has 7 nitrogen and oxygen atoms in total. The zero-order chi connectivity index (χ0) is 24.0. The number of rotatable bonds is 8. The lowest BCUT2D eigenvalue weighted by Crippen LogP contribution is -2.35. The molecule has 3 aromatic rings. The number of carbonyl (C=O) groups is 2. The minimum atomic E-state index is -4.05. The molecule has 3 rings (SSSR count). The van der Waals surface area contributed by atoms with Gasteiger partial charge in [-0.05, 0) is 54.4 Å². The predicted molar refractivity (Wildman–Crippen MR) is 125 cm³/mol. The van der Waals surface area contributed by atoms with Crippen LogP contribution in [-0.2, 0) is 21.2 Å². The molecular weight excluding hydrogens is 445 g/mol. The zero-order valence-corrected chi connectivity index (χ0v) is 19.0. The van der Waals surface area contributed by atoms with Crippen LogP contribution in [0, 0.1) is 5.82 Å². The van der Waals surface area contributed by atoms with E-state index in [0.29, 0.717) is 5.69 Å². The molecule has 2 amide bonds.